The molecule has 0 radical (unpaired) electrons. The first-order valence-electron chi connectivity index (χ1n) is 6.78. The van der Waals surface area contributed by atoms with Crippen molar-refractivity contribution in [1.29, 1.82) is 0 Å². The maximum atomic E-state index is 12.9. The Hall–Kier alpha value is -1.55. The standard InChI is InChI=1S/C16H18F3N/c1-2-3-6-11-7-4-8-12-9-5-10-13(14(11)12)15(20)16(17,18)19/h4-5,7-10,15H,2-3,6,20H2,1H3/t15-/m0/s1. The third-order valence-electron chi connectivity index (χ3n) is 3.51. The Bertz CT molecular complexity index is 585. The summed E-state index contributed by atoms with van der Waals surface area (Å²) in [5.41, 5.74) is 6.52. The zero-order chi connectivity index (χ0) is 14.8. The fraction of sp³-hybridized carbons (Fsp3) is 0.375. The van der Waals surface area contributed by atoms with Gasteiger partial charge in [-0.2, -0.15) is 13.2 Å². The topological polar surface area (TPSA) is 26.0 Å². The molecule has 108 valence electrons. The van der Waals surface area contributed by atoms with Crippen LogP contribution in [-0.4, -0.2) is 6.18 Å². The van der Waals surface area contributed by atoms with Gasteiger partial charge in [0.2, 0.25) is 0 Å². The van der Waals surface area contributed by atoms with Gasteiger partial charge in [0.25, 0.3) is 0 Å². The average molecular weight is 281 g/mol. The van der Waals surface area contributed by atoms with E-state index in [2.05, 4.69) is 6.92 Å². The van der Waals surface area contributed by atoms with Gasteiger partial charge in [-0.1, -0.05) is 49.7 Å². The van der Waals surface area contributed by atoms with Gasteiger partial charge in [0, 0.05) is 0 Å². The number of rotatable bonds is 4. The van der Waals surface area contributed by atoms with E-state index in [0.717, 1.165) is 30.2 Å². The molecule has 0 aromatic heterocycles. The third kappa shape index (κ3) is 2.96. The SMILES string of the molecule is CCCCc1cccc2cccc([C@H](N)C(F)(F)F)c12. The molecule has 2 aromatic carbocycles. The van der Waals surface area contributed by atoms with Gasteiger partial charge in [-0.05, 0) is 34.7 Å². The number of halogens is 3. The summed E-state index contributed by atoms with van der Waals surface area (Å²) >= 11 is 0. The summed E-state index contributed by atoms with van der Waals surface area (Å²) < 4.78 is 38.8. The van der Waals surface area contributed by atoms with Gasteiger partial charge in [-0.15, -0.1) is 0 Å². The van der Waals surface area contributed by atoms with Crippen molar-refractivity contribution in [2.45, 2.75) is 38.4 Å². The fourth-order valence-corrected chi connectivity index (χ4v) is 2.46. The highest BCUT2D eigenvalue weighted by Gasteiger charge is 2.38. The van der Waals surface area contributed by atoms with E-state index < -0.39 is 12.2 Å². The molecule has 0 bridgehead atoms. The van der Waals surface area contributed by atoms with Crippen LogP contribution in [0.1, 0.15) is 36.9 Å². The second-order valence-electron chi connectivity index (χ2n) is 4.99. The van der Waals surface area contributed by atoms with Gasteiger partial charge >= 0.3 is 6.18 Å². The van der Waals surface area contributed by atoms with E-state index >= 15 is 0 Å². The minimum atomic E-state index is -4.42. The number of hydrogen-bond acceptors (Lipinski definition) is 1. The van der Waals surface area contributed by atoms with Crippen molar-refractivity contribution in [3.63, 3.8) is 0 Å². The van der Waals surface area contributed by atoms with E-state index in [-0.39, 0.29) is 5.56 Å². The predicted molar refractivity (Wildman–Crippen MR) is 75.5 cm³/mol. The molecular formula is C16H18F3N. The maximum absolute atomic E-state index is 12.9. The van der Waals surface area contributed by atoms with Crippen molar-refractivity contribution in [1.82, 2.24) is 0 Å². The minimum absolute atomic E-state index is 0.168. The smallest absolute Gasteiger partial charge is 0.316 e. The molecule has 0 aliphatic heterocycles. The molecule has 20 heavy (non-hydrogen) atoms. The Morgan fingerprint density at radius 2 is 1.75 bits per heavy atom. The Balaban J connectivity index is 2.59. The van der Waals surface area contributed by atoms with Crippen LogP contribution in [0.2, 0.25) is 0 Å². The van der Waals surface area contributed by atoms with E-state index in [4.69, 9.17) is 5.73 Å². The Kier molecular flexibility index (Phi) is 4.33. The number of benzene rings is 2. The van der Waals surface area contributed by atoms with Crippen LogP contribution >= 0.6 is 0 Å². The second-order valence-corrected chi connectivity index (χ2v) is 4.99. The zero-order valence-corrected chi connectivity index (χ0v) is 11.4. The van der Waals surface area contributed by atoms with E-state index in [0.29, 0.717) is 5.39 Å². The van der Waals surface area contributed by atoms with Gasteiger partial charge in [0.15, 0.2) is 0 Å². The first kappa shape index (κ1) is 14.9. The molecule has 2 aromatic rings. The first-order chi connectivity index (χ1) is 9.45. The number of aryl methyl sites for hydroxylation is 1. The molecule has 4 heteroatoms. The van der Waals surface area contributed by atoms with Crippen LogP contribution in [0, 0.1) is 0 Å². The lowest BCUT2D eigenvalue weighted by atomic mass is 9.93. The molecule has 0 fully saturated rings. The van der Waals surface area contributed by atoms with E-state index in [9.17, 15) is 13.2 Å². The highest BCUT2D eigenvalue weighted by Crippen LogP contribution is 2.36. The van der Waals surface area contributed by atoms with Crippen molar-refractivity contribution in [2.24, 2.45) is 5.73 Å². The number of hydrogen-bond donors (Lipinski definition) is 1. The molecule has 1 nitrogen and oxygen atoms in total. The van der Waals surface area contributed by atoms with E-state index in [1.54, 1.807) is 6.07 Å². The van der Waals surface area contributed by atoms with Crippen LogP contribution in [-0.2, 0) is 6.42 Å². The minimum Gasteiger partial charge on any atom is -0.316 e. The van der Waals surface area contributed by atoms with Crippen molar-refractivity contribution >= 4 is 10.8 Å². The van der Waals surface area contributed by atoms with Crippen LogP contribution in [0.4, 0.5) is 13.2 Å². The Labute approximate surface area is 116 Å². The predicted octanol–water partition coefficient (Wildman–Crippen LogP) is 4.74. The van der Waals surface area contributed by atoms with Crippen LogP contribution in [0.3, 0.4) is 0 Å². The second kappa shape index (κ2) is 5.83. The van der Waals surface area contributed by atoms with Crippen LogP contribution in [0.25, 0.3) is 10.8 Å². The molecule has 0 aliphatic rings. The summed E-state index contributed by atoms with van der Waals surface area (Å²) in [6.07, 6.45) is -1.69. The number of unbranched alkanes of at least 4 members (excludes halogenated alkanes) is 1. The molecule has 0 spiro atoms. The molecule has 0 aliphatic carbocycles. The number of fused-ring (bicyclic) bond motifs is 1. The molecule has 2 rings (SSSR count). The van der Waals surface area contributed by atoms with Gasteiger partial charge in [-0.25, -0.2) is 0 Å². The van der Waals surface area contributed by atoms with Crippen molar-refractivity contribution < 1.29 is 13.2 Å². The molecule has 0 saturated carbocycles. The summed E-state index contributed by atoms with van der Waals surface area (Å²) in [5.74, 6) is 0. The normalized spacial score (nSPS) is 13.7. The zero-order valence-electron chi connectivity index (χ0n) is 11.4. The van der Waals surface area contributed by atoms with E-state index in [1.807, 2.05) is 24.3 Å². The quantitative estimate of drug-likeness (QED) is 0.860. The monoisotopic (exact) mass is 281 g/mol. The van der Waals surface area contributed by atoms with Crippen LogP contribution in [0.15, 0.2) is 36.4 Å². The largest absolute Gasteiger partial charge is 0.407 e. The lowest BCUT2D eigenvalue weighted by Crippen LogP contribution is -2.28. The highest BCUT2D eigenvalue weighted by atomic mass is 19.4. The van der Waals surface area contributed by atoms with Gasteiger partial charge in [0.05, 0.1) is 0 Å². The summed E-state index contributed by atoms with van der Waals surface area (Å²) in [7, 11) is 0. The lowest BCUT2D eigenvalue weighted by Gasteiger charge is -2.19. The highest BCUT2D eigenvalue weighted by molar-refractivity contribution is 5.89. The van der Waals surface area contributed by atoms with Crippen molar-refractivity contribution in [2.75, 3.05) is 0 Å². The molecule has 2 N–H and O–H groups in total. The van der Waals surface area contributed by atoms with Gasteiger partial charge in [-0.3, -0.25) is 0 Å². The van der Waals surface area contributed by atoms with E-state index in [1.165, 1.54) is 6.07 Å². The lowest BCUT2D eigenvalue weighted by molar-refractivity contribution is -0.148. The number of alkyl halides is 3. The fourth-order valence-electron chi connectivity index (χ4n) is 2.46. The van der Waals surface area contributed by atoms with Crippen molar-refractivity contribution in [3.05, 3.63) is 47.5 Å². The van der Waals surface area contributed by atoms with Crippen molar-refractivity contribution in [3.8, 4) is 0 Å². The summed E-state index contributed by atoms with van der Waals surface area (Å²) in [5, 5.41) is 1.48. The third-order valence-corrected chi connectivity index (χ3v) is 3.51. The Morgan fingerprint density at radius 3 is 2.35 bits per heavy atom. The summed E-state index contributed by atoms with van der Waals surface area (Å²) in [6.45, 7) is 2.06. The first-order valence-corrected chi connectivity index (χ1v) is 6.78. The Morgan fingerprint density at radius 1 is 1.10 bits per heavy atom. The molecule has 0 heterocycles. The molecule has 0 amide bonds. The van der Waals surface area contributed by atoms with Gasteiger partial charge < -0.3 is 5.73 Å². The van der Waals surface area contributed by atoms with Crippen LogP contribution in [0.5, 0.6) is 0 Å². The molecule has 0 saturated heterocycles. The van der Waals surface area contributed by atoms with Gasteiger partial charge in [0.1, 0.15) is 6.04 Å². The molecule has 1 atom stereocenters. The average Bonchev–Trinajstić information content (AvgIpc) is 2.42. The maximum Gasteiger partial charge on any atom is 0.407 e. The van der Waals surface area contributed by atoms with Crippen LogP contribution < -0.4 is 5.73 Å². The molecule has 0 unspecified atom stereocenters. The summed E-state index contributed by atoms with van der Waals surface area (Å²) in [6, 6.07) is 8.62. The number of nitrogens with two attached hydrogens (primary N) is 1. The molecular weight excluding hydrogens is 263 g/mol. The summed E-state index contributed by atoms with van der Waals surface area (Å²) in [4.78, 5) is 0.